The first kappa shape index (κ1) is 30.0. The van der Waals surface area contributed by atoms with Crippen LogP contribution in [0.1, 0.15) is 43.2 Å². The normalized spacial score (nSPS) is 18.9. The molecule has 1 unspecified atom stereocenters. The molecule has 0 aromatic heterocycles. The zero-order valence-electron chi connectivity index (χ0n) is 21.8. The Morgan fingerprint density at radius 3 is 1.85 bits per heavy atom. The quantitative estimate of drug-likeness (QED) is 0.467. The van der Waals surface area contributed by atoms with Gasteiger partial charge in [-0.2, -0.15) is 0 Å². The first-order chi connectivity index (χ1) is 18.5. The van der Waals surface area contributed by atoms with Gasteiger partial charge in [0.1, 0.15) is 23.3 Å². The van der Waals surface area contributed by atoms with E-state index in [9.17, 15) is 18.7 Å². The molecule has 9 nitrogen and oxygen atoms in total. The molecular formula is C28H34F2N2O7. The van der Waals surface area contributed by atoms with Crippen LogP contribution < -0.4 is 0 Å². The summed E-state index contributed by atoms with van der Waals surface area (Å²) in [6.07, 6.45) is 3.80. The Hall–Kier alpha value is -3.57. The number of halogens is 2. The van der Waals surface area contributed by atoms with Crippen LogP contribution >= 0.6 is 0 Å². The number of cyclic esters (lactones) is 1. The van der Waals surface area contributed by atoms with Crippen LogP contribution in [0.15, 0.2) is 48.5 Å². The first-order valence-electron chi connectivity index (χ1n) is 12.9. The minimum absolute atomic E-state index is 0.0597. The Kier molecular flexibility index (Phi) is 10.4. The summed E-state index contributed by atoms with van der Waals surface area (Å²) >= 11 is 0. The number of ether oxygens (including phenoxy) is 1. The zero-order chi connectivity index (χ0) is 28.6. The molecule has 0 bridgehead atoms. The number of carbonyl (C=O) groups excluding carboxylic acids is 1. The lowest BCUT2D eigenvalue weighted by molar-refractivity contribution is -0.159. The van der Waals surface area contributed by atoms with Crippen LogP contribution in [0.4, 0.5) is 13.6 Å². The second-order valence-corrected chi connectivity index (χ2v) is 9.86. The molecule has 4 rings (SSSR count). The standard InChI is InChI=1S/C26H32F2N2O3.C2H2O4/c1-29-15-2-3-24(33-25(29)31)14-18-30-16-12-21(13-17-30)26(32,19-4-8-22(27)9-5-19)20-6-10-23(28)11-7-20;3-1(4)2(5)6/h4-11,21,24,32H,2-3,12-18H2,1H3;(H,3,4)(H,5,6). The average molecular weight is 549 g/mol. The van der Waals surface area contributed by atoms with Crippen molar-refractivity contribution >= 4 is 18.0 Å². The molecule has 2 aliphatic rings. The molecule has 2 fully saturated rings. The van der Waals surface area contributed by atoms with Crippen molar-refractivity contribution in [1.82, 2.24) is 9.80 Å². The van der Waals surface area contributed by atoms with E-state index in [1.807, 2.05) is 0 Å². The Bertz CT molecular complexity index is 1060. The predicted octanol–water partition coefficient (Wildman–Crippen LogP) is 3.69. The van der Waals surface area contributed by atoms with Gasteiger partial charge in [0, 0.05) is 20.1 Å². The topological polar surface area (TPSA) is 128 Å². The number of amides is 1. The molecule has 1 amide bonds. The van der Waals surface area contributed by atoms with Crippen LogP contribution in [0.3, 0.4) is 0 Å². The molecule has 0 radical (unpaired) electrons. The molecule has 1 atom stereocenters. The summed E-state index contributed by atoms with van der Waals surface area (Å²) in [5, 5.41) is 26.7. The van der Waals surface area contributed by atoms with Crippen molar-refractivity contribution in [3.63, 3.8) is 0 Å². The van der Waals surface area contributed by atoms with E-state index in [4.69, 9.17) is 24.5 Å². The van der Waals surface area contributed by atoms with Gasteiger partial charge < -0.3 is 29.9 Å². The molecule has 2 aromatic carbocycles. The first-order valence-corrected chi connectivity index (χ1v) is 12.9. The number of carbonyl (C=O) groups is 3. The van der Waals surface area contributed by atoms with E-state index in [1.165, 1.54) is 24.3 Å². The molecule has 212 valence electrons. The summed E-state index contributed by atoms with van der Waals surface area (Å²) in [4.78, 5) is 34.1. The largest absolute Gasteiger partial charge is 0.473 e. The summed E-state index contributed by atoms with van der Waals surface area (Å²) in [5.74, 6) is -4.46. The van der Waals surface area contributed by atoms with Crippen LogP contribution in [0.25, 0.3) is 0 Å². The van der Waals surface area contributed by atoms with E-state index in [0.29, 0.717) is 11.1 Å². The smallest absolute Gasteiger partial charge is 0.414 e. The van der Waals surface area contributed by atoms with Gasteiger partial charge in [0.2, 0.25) is 0 Å². The van der Waals surface area contributed by atoms with Gasteiger partial charge in [0.25, 0.3) is 0 Å². The number of aliphatic hydroxyl groups is 1. The SMILES string of the molecule is CN1CCCC(CCN2CCC(C(O)(c3ccc(F)cc3)c3ccc(F)cc3)CC2)OC1=O.O=C(O)C(=O)O. The van der Waals surface area contributed by atoms with Crippen molar-refractivity contribution in [2.24, 2.45) is 5.92 Å². The minimum atomic E-state index is -1.82. The lowest BCUT2D eigenvalue weighted by Gasteiger charge is -2.42. The summed E-state index contributed by atoms with van der Waals surface area (Å²) in [6, 6.07) is 11.9. The predicted molar refractivity (Wildman–Crippen MR) is 137 cm³/mol. The van der Waals surface area contributed by atoms with Crippen molar-refractivity contribution in [2.45, 2.75) is 43.8 Å². The van der Waals surface area contributed by atoms with Crippen LogP contribution in [0, 0.1) is 17.6 Å². The number of piperidine rings is 1. The molecule has 0 spiro atoms. The van der Waals surface area contributed by atoms with Crippen LogP contribution in [0.5, 0.6) is 0 Å². The van der Waals surface area contributed by atoms with Crippen molar-refractivity contribution < 1.29 is 43.2 Å². The molecule has 0 aliphatic carbocycles. The van der Waals surface area contributed by atoms with E-state index < -0.39 is 17.5 Å². The fourth-order valence-corrected chi connectivity index (χ4v) is 5.09. The summed E-state index contributed by atoms with van der Waals surface area (Å²) in [5.41, 5.74) is -0.0959. The van der Waals surface area contributed by atoms with Crippen molar-refractivity contribution in [3.05, 3.63) is 71.3 Å². The lowest BCUT2D eigenvalue weighted by atomic mass is 9.72. The van der Waals surface area contributed by atoms with Crippen LogP contribution in [0.2, 0.25) is 0 Å². The van der Waals surface area contributed by atoms with E-state index >= 15 is 0 Å². The molecule has 3 N–H and O–H groups in total. The third-order valence-corrected chi connectivity index (χ3v) is 7.30. The Morgan fingerprint density at radius 2 is 1.38 bits per heavy atom. The molecule has 0 saturated carbocycles. The highest BCUT2D eigenvalue weighted by Gasteiger charge is 2.41. The third-order valence-electron chi connectivity index (χ3n) is 7.30. The number of carboxylic acids is 2. The van der Waals surface area contributed by atoms with Gasteiger partial charge in [-0.25, -0.2) is 23.2 Å². The number of hydrogen-bond donors (Lipinski definition) is 3. The van der Waals surface area contributed by atoms with E-state index in [0.717, 1.165) is 58.3 Å². The van der Waals surface area contributed by atoms with Gasteiger partial charge in [-0.05, 0) is 86.5 Å². The summed E-state index contributed by atoms with van der Waals surface area (Å²) in [7, 11) is 1.76. The lowest BCUT2D eigenvalue weighted by Crippen LogP contribution is -2.45. The number of nitrogens with zero attached hydrogens (tertiary/aromatic N) is 2. The second-order valence-electron chi connectivity index (χ2n) is 9.86. The Labute approximate surface area is 225 Å². The Balaban J connectivity index is 0.000000631. The van der Waals surface area contributed by atoms with Gasteiger partial charge >= 0.3 is 18.0 Å². The maximum atomic E-state index is 13.6. The van der Waals surface area contributed by atoms with E-state index in [2.05, 4.69) is 4.90 Å². The highest BCUT2D eigenvalue weighted by atomic mass is 19.1. The molecule has 39 heavy (non-hydrogen) atoms. The van der Waals surface area contributed by atoms with Gasteiger partial charge in [-0.3, -0.25) is 0 Å². The fraction of sp³-hybridized carbons (Fsp3) is 0.464. The molecule has 2 saturated heterocycles. The highest BCUT2D eigenvalue weighted by Crippen LogP contribution is 2.42. The molecule has 2 aliphatic heterocycles. The molecule has 2 aromatic rings. The minimum Gasteiger partial charge on any atom is -0.473 e. The number of carboxylic acid groups (broad SMARTS) is 2. The van der Waals surface area contributed by atoms with Crippen LogP contribution in [-0.2, 0) is 19.9 Å². The van der Waals surface area contributed by atoms with E-state index in [-0.39, 0.29) is 29.7 Å². The summed E-state index contributed by atoms with van der Waals surface area (Å²) < 4.78 is 32.7. The summed E-state index contributed by atoms with van der Waals surface area (Å²) in [6.45, 7) is 3.16. The number of hydrogen-bond acceptors (Lipinski definition) is 6. The second kappa shape index (κ2) is 13.5. The number of benzene rings is 2. The molecule has 2 heterocycles. The van der Waals surface area contributed by atoms with E-state index in [1.54, 1.807) is 36.2 Å². The number of aliphatic carboxylic acids is 2. The van der Waals surface area contributed by atoms with Gasteiger partial charge in [-0.1, -0.05) is 24.3 Å². The van der Waals surface area contributed by atoms with Gasteiger partial charge in [0.05, 0.1) is 0 Å². The van der Waals surface area contributed by atoms with Crippen molar-refractivity contribution in [2.75, 3.05) is 33.2 Å². The maximum Gasteiger partial charge on any atom is 0.414 e. The Morgan fingerprint density at radius 1 is 0.897 bits per heavy atom. The monoisotopic (exact) mass is 548 g/mol. The molecule has 11 heteroatoms. The van der Waals surface area contributed by atoms with Gasteiger partial charge in [-0.15, -0.1) is 0 Å². The zero-order valence-corrected chi connectivity index (χ0v) is 21.8. The number of likely N-dealkylation sites (tertiary alicyclic amines) is 1. The fourth-order valence-electron chi connectivity index (χ4n) is 5.09. The third kappa shape index (κ3) is 7.96. The van der Waals surface area contributed by atoms with Crippen molar-refractivity contribution in [3.8, 4) is 0 Å². The molecular weight excluding hydrogens is 514 g/mol. The number of rotatable bonds is 6. The van der Waals surface area contributed by atoms with Crippen molar-refractivity contribution in [1.29, 1.82) is 0 Å². The van der Waals surface area contributed by atoms with Gasteiger partial charge in [0.15, 0.2) is 0 Å². The average Bonchev–Trinajstić information content (AvgIpc) is 3.08. The van der Waals surface area contributed by atoms with Crippen LogP contribution in [-0.4, -0.2) is 82.5 Å². The highest BCUT2D eigenvalue weighted by molar-refractivity contribution is 6.27. The maximum absolute atomic E-state index is 13.6.